The fraction of sp³-hybridized carbons (Fsp3) is 0.400. The number of benzene rings is 1. The van der Waals surface area contributed by atoms with Crippen molar-refractivity contribution in [2.75, 3.05) is 56.4 Å². The van der Waals surface area contributed by atoms with Gasteiger partial charge in [-0.05, 0) is 24.8 Å². The highest BCUT2D eigenvalue weighted by molar-refractivity contribution is 7.98. The Morgan fingerprint density at radius 2 is 2.17 bits per heavy atom. The Balaban J connectivity index is 1.73. The number of hydrogen-bond donors (Lipinski definition) is 1. The second kappa shape index (κ2) is 9.66. The number of likely N-dealkylation sites (N-methyl/N-ethyl adjacent to an activating group) is 1. The van der Waals surface area contributed by atoms with Crippen LogP contribution in [0.5, 0.6) is 5.75 Å². The van der Waals surface area contributed by atoms with Crippen molar-refractivity contribution in [3.8, 4) is 5.75 Å². The molecule has 0 aliphatic carbocycles. The Hall–Kier alpha value is -3.01. The molecule has 0 saturated heterocycles. The van der Waals surface area contributed by atoms with Gasteiger partial charge in [0.25, 0.3) is 5.91 Å². The molecule has 0 saturated carbocycles. The van der Waals surface area contributed by atoms with E-state index < -0.39 is 6.09 Å². The minimum atomic E-state index is -0.962. The van der Waals surface area contributed by atoms with Crippen molar-refractivity contribution in [1.29, 1.82) is 0 Å². The maximum absolute atomic E-state index is 13.2. The summed E-state index contributed by atoms with van der Waals surface area (Å²) in [6.07, 6.45) is 3.10. The molecule has 2 aromatic rings. The lowest BCUT2D eigenvalue weighted by Gasteiger charge is -2.21. The molecule has 1 aromatic heterocycles. The van der Waals surface area contributed by atoms with Crippen molar-refractivity contribution in [2.45, 2.75) is 11.6 Å². The van der Waals surface area contributed by atoms with Gasteiger partial charge >= 0.3 is 6.09 Å². The predicted octanol–water partition coefficient (Wildman–Crippen LogP) is 2.67. The van der Waals surface area contributed by atoms with E-state index >= 15 is 0 Å². The number of carbonyl (C=O) groups excluding carboxylic acids is 1. The van der Waals surface area contributed by atoms with Gasteiger partial charge in [-0.2, -0.15) is 0 Å². The van der Waals surface area contributed by atoms with Gasteiger partial charge in [0.2, 0.25) is 0 Å². The average molecular weight is 432 g/mol. The van der Waals surface area contributed by atoms with Crippen molar-refractivity contribution in [3.63, 3.8) is 0 Å². The van der Waals surface area contributed by atoms with E-state index in [1.165, 1.54) is 23.7 Å². The largest absolute Gasteiger partial charge is 0.493 e. The Kier molecular flexibility index (Phi) is 6.99. The van der Waals surface area contributed by atoms with Gasteiger partial charge in [0.1, 0.15) is 17.1 Å². The molecule has 3 rings (SSSR count). The molecule has 0 radical (unpaired) electrons. The molecule has 2 amide bonds. The second-order valence-electron chi connectivity index (χ2n) is 6.88. The summed E-state index contributed by atoms with van der Waals surface area (Å²) in [5, 5.41) is 9.51. The minimum Gasteiger partial charge on any atom is -0.493 e. The zero-order chi connectivity index (χ0) is 21.7. The standard InChI is InChI=1S/C20H25N5O4S/c1-23-9-10-25(18(26)16-13-21-19(30-3)22-17(16)23)14-6-4-7-15(12-14)29-11-5-8-24(2)20(27)28/h4,6-7,12-13H,5,8-11H2,1-3H3,(H,27,28). The predicted molar refractivity (Wildman–Crippen MR) is 116 cm³/mol. The van der Waals surface area contributed by atoms with Crippen molar-refractivity contribution < 1.29 is 19.4 Å². The molecular weight excluding hydrogens is 406 g/mol. The number of amides is 2. The SMILES string of the molecule is CSc1ncc2c(n1)N(C)CCN(c1cccc(OCCCN(C)C(=O)O)c1)C2=O. The van der Waals surface area contributed by atoms with Crippen molar-refractivity contribution in [2.24, 2.45) is 0 Å². The zero-order valence-electron chi connectivity index (χ0n) is 17.2. The van der Waals surface area contributed by atoms with E-state index in [0.29, 0.717) is 54.9 Å². The van der Waals surface area contributed by atoms with Crippen LogP contribution in [-0.2, 0) is 0 Å². The van der Waals surface area contributed by atoms with Crippen LogP contribution in [0.3, 0.4) is 0 Å². The highest BCUT2D eigenvalue weighted by Gasteiger charge is 2.28. The number of nitrogens with zero attached hydrogens (tertiary/aromatic N) is 5. The number of hydrogen-bond acceptors (Lipinski definition) is 7. The van der Waals surface area contributed by atoms with E-state index in [1.807, 2.05) is 42.5 Å². The maximum Gasteiger partial charge on any atom is 0.407 e. The fourth-order valence-corrected chi connectivity index (χ4v) is 3.41. The maximum atomic E-state index is 13.2. The van der Waals surface area contributed by atoms with Crippen LogP contribution in [0.15, 0.2) is 35.6 Å². The number of rotatable bonds is 7. The third kappa shape index (κ3) is 4.93. The van der Waals surface area contributed by atoms with Crippen LogP contribution in [0, 0.1) is 0 Å². The van der Waals surface area contributed by atoms with E-state index in [9.17, 15) is 9.59 Å². The highest BCUT2D eigenvalue weighted by Crippen LogP contribution is 2.28. The van der Waals surface area contributed by atoms with E-state index in [0.717, 1.165) is 5.69 Å². The van der Waals surface area contributed by atoms with Gasteiger partial charge in [0.05, 0.1) is 6.61 Å². The highest BCUT2D eigenvalue weighted by atomic mass is 32.2. The molecule has 1 aliphatic heterocycles. The third-order valence-electron chi connectivity index (χ3n) is 4.79. The van der Waals surface area contributed by atoms with E-state index in [2.05, 4.69) is 9.97 Å². The van der Waals surface area contributed by atoms with Gasteiger partial charge in [-0.25, -0.2) is 14.8 Å². The zero-order valence-corrected chi connectivity index (χ0v) is 18.1. The smallest absolute Gasteiger partial charge is 0.407 e. The lowest BCUT2D eigenvalue weighted by Crippen LogP contribution is -2.33. The van der Waals surface area contributed by atoms with Crippen molar-refractivity contribution in [3.05, 3.63) is 36.0 Å². The molecule has 0 fully saturated rings. The Labute approximate surface area is 179 Å². The first-order valence-electron chi connectivity index (χ1n) is 9.51. The van der Waals surface area contributed by atoms with Crippen molar-refractivity contribution in [1.82, 2.24) is 14.9 Å². The number of anilines is 2. The summed E-state index contributed by atoms with van der Waals surface area (Å²) in [4.78, 5) is 37.7. The number of ether oxygens (including phenoxy) is 1. The summed E-state index contributed by atoms with van der Waals surface area (Å²) >= 11 is 1.44. The van der Waals surface area contributed by atoms with Crippen LogP contribution in [0.4, 0.5) is 16.3 Å². The van der Waals surface area contributed by atoms with Gasteiger partial charge in [-0.3, -0.25) is 4.79 Å². The summed E-state index contributed by atoms with van der Waals surface area (Å²) < 4.78 is 5.76. The van der Waals surface area contributed by atoms with Crippen LogP contribution >= 0.6 is 11.8 Å². The van der Waals surface area contributed by atoms with Gasteiger partial charge < -0.3 is 24.5 Å². The fourth-order valence-electron chi connectivity index (χ4n) is 3.08. The normalized spacial score (nSPS) is 13.6. The number of carboxylic acid groups (broad SMARTS) is 1. The molecule has 9 nitrogen and oxygen atoms in total. The molecule has 0 atom stereocenters. The first-order valence-corrected chi connectivity index (χ1v) is 10.7. The van der Waals surface area contributed by atoms with E-state index in [4.69, 9.17) is 9.84 Å². The van der Waals surface area contributed by atoms with Crippen LogP contribution in [0.2, 0.25) is 0 Å². The topological polar surface area (TPSA) is 99.1 Å². The van der Waals surface area contributed by atoms with E-state index in [1.54, 1.807) is 11.1 Å². The Morgan fingerprint density at radius 3 is 2.90 bits per heavy atom. The number of fused-ring (bicyclic) bond motifs is 1. The molecular formula is C20H25N5O4S. The summed E-state index contributed by atoms with van der Waals surface area (Å²) in [7, 11) is 3.44. The second-order valence-corrected chi connectivity index (χ2v) is 7.65. The lowest BCUT2D eigenvalue weighted by molar-refractivity contribution is 0.0989. The molecule has 1 aromatic carbocycles. The molecule has 0 unspecified atom stereocenters. The molecule has 160 valence electrons. The first-order chi connectivity index (χ1) is 14.4. The monoisotopic (exact) mass is 431 g/mol. The van der Waals surface area contributed by atoms with Crippen LogP contribution in [0.25, 0.3) is 0 Å². The molecule has 0 bridgehead atoms. The summed E-state index contributed by atoms with van der Waals surface area (Å²) in [6.45, 7) is 1.91. The van der Waals surface area contributed by atoms with Gasteiger partial charge in [0.15, 0.2) is 5.16 Å². The van der Waals surface area contributed by atoms with Gasteiger partial charge in [0, 0.05) is 51.7 Å². The lowest BCUT2D eigenvalue weighted by atomic mass is 10.2. The number of carbonyl (C=O) groups is 2. The van der Waals surface area contributed by atoms with Crippen LogP contribution < -0.4 is 14.5 Å². The Bertz CT molecular complexity index is 926. The summed E-state index contributed by atoms with van der Waals surface area (Å²) in [5.74, 6) is 1.11. The Morgan fingerprint density at radius 1 is 1.37 bits per heavy atom. The number of aromatic nitrogens is 2. The van der Waals surface area contributed by atoms with Gasteiger partial charge in [-0.1, -0.05) is 17.8 Å². The average Bonchev–Trinajstić information content (AvgIpc) is 2.87. The third-order valence-corrected chi connectivity index (χ3v) is 5.35. The molecule has 30 heavy (non-hydrogen) atoms. The molecule has 1 aliphatic rings. The molecule has 10 heteroatoms. The van der Waals surface area contributed by atoms with Crippen LogP contribution in [0.1, 0.15) is 16.8 Å². The molecule has 0 spiro atoms. The first kappa shape index (κ1) is 21.7. The quantitative estimate of drug-likeness (QED) is 0.406. The minimum absolute atomic E-state index is 0.151. The van der Waals surface area contributed by atoms with E-state index in [-0.39, 0.29) is 5.91 Å². The molecule has 2 heterocycles. The van der Waals surface area contributed by atoms with Gasteiger partial charge in [-0.15, -0.1) is 0 Å². The molecule has 1 N–H and O–H groups in total. The van der Waals surface area contributed by atoms with Crippen molar-refractivity contribution >= 4 is 35.3 Å². The summed E-state index contributed by atoms with van der Waals surface area (Å²) in [6, 6.07) is 7.34. The summed E-state index contributed by atoms with van der Waals surface area (Å²) in [5.41, 5.74) is 1.20. The van der Waals surface area contributed by atoms with Crippen LogP contribution in [-0.4, -0.2) is 78.6 Å². The number of thioether (sulfide) groups is 1.